The molecule has 5 heteroatoms. The molecule has 9 rings (SSSR count). The van der Waals surface area contributed by atoms with Crippen LogP contribution in [0.1, 0.15) is 50.7 Å². The predicted octanol–water partition coefficient (Wildman–Crippen LogP) is 11.8. The standard InChI is InChI=1S/C42H33N3O2/c1-24(2)31-20-28(26-12-6-5-7-13-26)21-32(25(3)4)39(31)45-35-17-11-10-16-34(35)44-42(45)33-22-36-38(43-23-46-36)37-30-19-18-27-14-8-9-15-29(27)40(30)47-41(33)37/h5-25H,1-4H3. The molecule has 0 N–H and O–H groups in total. The second kappa shape index (κ2) is 10.4. The summed E-state index contributed by atoms with van der Waals surface area (Å²) in [4.78, 5) is 10.0. The van der Waals surface area contributed by atoms with Crippen LogP contribution in [0, 0.1) is 0 Å². The summed E-state index contributed by atoms with van der Waals surface area (Å²) in [5, 5.41) is 4.15. The zero-order valence-corrected chi connectivity index (χ0v) is 26.8. The first-order valence-electron chi connectivity index (χ1n) is 16.3. The molecule has 9 aromatic rings. The van der Waals surface area contributed by atoms with Crippen LogP contribution in [0.2, 0.25) is 0 Å². The molecule has 3 aromatic heterocycles. The third kappa shape index (κ3) is 4.16. The molecule has 0 aliphatic heterocycles. The van der Waals surface area contributed by atoms with Gasteiger partial charge in [0.15, 0.2) is 12.0 Å². The first-order chi connectivity index (χ1) is 23.0. The van der Waals surface area contributed by atoms with Gasteiger partial charge in [0.2, 0.25) is 0 Å². The largest absolute Gasteiger partial charge is 0.455 e. The van der Waals surface area contributed by atoms with Crippen molar-refractivity contribution in [2.24, 2.45) is 0 Å². The maximum absolute atomic E-state index is 6.91. The second-order valence-electron chi connectivity index (χ2n) is 13.0. The number of nitrogens with zero attached hydrogens (tertiary/aromatic N) is 3. The lowest BCUT2D eigenvalue weighted by atomic mass is 9.88. The van der Waals surface area contributed by atoms with Crippen LogP contribution in [0.4, 0.5) is 0 Å². The maximum atomic E-state index is 6.91. The van der Waals surface area contributed by atoms with Crippen LogP contribution < -0.4 is 0 Å². The number of fused-ring (bicyclic) bond motifs is 8. The van der Waals surface area contributed by atoms with Gasteiger partial charge in [-0.3, -0.25) is 4.57 Å². The van der Waals surface area contributed by atoms with Gasteiger partial charge in [0.05, 0.1) is 27.7 Å². The van der Waals surface area contributed by atoms with Crippen molar-refractivity contribution in [1.29, 1.82) is 0 Å². The lowest BCUT2D eigenvalue weighted by molar-refractivity contribution is 0.602. The van der Waals surface area contributed by atoms with Crippen molar-refractivity contribution < 1.29 is 8.83 Å². The molecule has 228 valence electrons. The molecule has 0 spiro atoms. The Balaban J connectivity index is 1.43. The molecule has 0 saturated heterocycles. The number of benzene rings is 6. The molecule has 47 heavy (non-hydrogen) atoms. The van der Waals surface area contributed by atoms with E-state index in [1.165, 1.54) is 34.3 Å². The lowest BCUT2D eigenvalue weighted by Gasteiger charge is -2.24. The maximum Gasteiger partial charge on any atom is 0.182 e. The van der Waals surface area contributed by atoms with E-state index in [0.29, 0.717) is 5.58 Å². The van der Waals surface area contributed by atoms with Crippen molar-refractivity contribution in [2.45, 2.75) is 39.5 Å². The zero-order chi connectivity index (χ0) is 31.8. The Morgan fingerprint density at radius 1 is 0.660 bits per heavy atom. The van der Waals surface area contributed by atoms with E-state index in [-0.39, 0.29) is 11.8 Å². The fraction of sp³-hybridized carbons (Fsp3) is 0.143. The number of aromatic nitrogens is 3. The average Bonchev–Trinajstić information content (AvgIpc) is 3.83. The van der Waals surface area contributed by atoms with Gasteiger partial charge in [0.25, 0.3) is 0 Å². The average molecular weight is 612 g/mol. The Morgan fingerprint density at radius 3 is 2.17 bits per heavy atom. The van der Waals surface area contributed by atoms with Gasteiger partial charge in [-0.2, -0.15) is 0 Å². The van der Waals surface area contributed by atoms with Gasteiger partial charge in [0.1, 0.15) is 22.5 Å². The second-order valence-corrected chi connectivity index (χ2v) is 13.0. The van der Waals surface area contributed by atoms with Crippen molar-refractivity contribution in [3.8, 4) is 28.2 Å². The van der Waals surface area contributed by atoms with E-state index in [9.17, 15) is 0 Å². The molecule has 0 aliphatic rings. The Morgan fingerprint density at radius 2 is 1.38 bits per heavy atom. The van der Waals surface area contributed by atoms with Crippen LogP contribution in [0.15, 0.2) is 124 Å². The van der Waals surface area contributed by atoms with Crippen LogP contribution in [-0.2, 0) is 0 Å². The van der Waals surface area contributed by atoms with Gasteiger partial charge < -0.3 is 8.83 Å². The summed E-state index contributed by atoms with van der Waals surface area (Å²) in [6, 6.07) is 38.5. The fourth-order valence-electron chi connectivity index (χ4n) is 7.21. The van der Waals surface area contributed by atoms with Crippen LogP contribution in [0.25, 0.3) is 83.0 Å². The van der Waals surface area contributed by atoms with Gasteiger partial charge >= 0.3 is 0 Å². The molecule has 6 aromatic carbocycles. The number of hydrogen-bond donors (Lipinski definition) is 0. The van der Waals surface area contributed by atoms with Crippen molar-refractivity contribution in [3.05, 3.63) is 127 Å². The number of para-hydroxylation sites is 2. The molecule has 0 bridgehead atoms. The van der Waals surface area contributed by atoms with Crippen molar-refractivity contribution in [1.82, 2.24) is 14.5 Å². The van der Waals surface area contributed by atoms with Gasteiger partial charge in [-0.05, 0) is 75.9 Å². The minimum absolute atomic E-state index is 0.259. The quantitative estimate of drug-likeness (QED) is 0.194. The van der Waals surface area contributed by atoms with E-state index in [4.69, 9.17) is 13.8 Å². The predicted molar refractivity (Wildman–Crippen MR) is 192 cm³/mol. The first kappa shape index (κ1) is 27.6. The van der Waals surface area contributed by atoms with E-state index in [0.717, 1.165) is 60.6 Å². The van der Waals surface area contributed by atoms with Crippen molar-refractivity contribution >= 4 is 54.8 Å². The molecular weight excluding hydrogens is 578 g/mol. The van der Waals surface area contributed by atoms with Gasteiger partial charge in [-0.1, -0.05) is 100 Å². The highest BCUT2D eigenvalue weighted by atomic mass is 16.3. The van der Waals surface area contributed by atoms with Crippen LogP contribution in [0.5, 0.6) is 0 Å². The number of furan rings is 1. The minimum atomic E-state index is 0.259. The van der Waals surface area contributed by atoms with E-state index < -0.39 is 0 Å². The number of hydrogen-bond acceptors (Lipinski definition) is 4. The topological polar surface area (TPSA) is 57.0 Å². The summed E-state index contributed by atoms with van der Waals surface area (Å²) in [5.41, 5.74) is 12.1. The minimum Gasteiger partial charge on any atom is -0.455 e. The molecule has 0 atom stereocenters. The molecule has 0 saturated carbocycles. The molecule has 0 unspecified atom stereocenters. The third-order valence-corrected chi connectivity index (χ3v) is 9.48. The molecule has 5 nitrogen and oxygen atoms in total. The zero-order valence-electron chi connectivity index (χ0n) is 26.8. The van der Waals surface area contributed by atoms with Crippen LogP contribution in [-0.4, -0.2) is 14.5 Å². The summed E-state index contributed by atoms with van der Waals surface area (Å²) < 4.78 is 15.3. The summed E-state index contributed by atoms with van der Waals surface area (Å²) in [5.74, 6) is 1.33. The summed E-state index contributed by atoms with van der Waals surface area (Å²) in [6.45, 7) is 9.11. The number of oxazole rings is 1. The smallest absolute Gasteiger partial charge is 0.182 e. The van der Waals surface area contributed by atoms with Gasteiger partial charge in [-0.15, -0.1) is 0 Å². The Bertz CT molecular complexity index is 2610. The monoisotopic (exact) mass is 611 g/mol. The summed E-state index contributed by atoms with van der Waals surface area (Å²) >= 11 is 0. The SMILES string of the molecule is CC(C)c1cc(-c2ccccc2)cc(C(C)C)c1-n1c(-c2cc3ocnc3c3c2oc2c4ccccc4ccc23)nc2ccccc21. The Labute approximate surface area is 272 Å². The normalized spacial score (nSPS) is 12.2. The summed E-state index contributed by atoms with van der Waals surface area (Å²) in [7, 11) is 0. The highest BCUT2D eigenvalue weighted by molar-refractivity contribution is 6.24. The molecule has 0 fully saturated rings. The highest BCUT2D eigenvalue weighted by Gasteiger charge is 2.27. The van der Waals surface area contributed by atoms with Crippen molar-refractivity contribution in [3.63, 3.8) is 0 Å². The molecule has 0 radical (unpaired) electrons. The van der Waals surface area contributed by atoms with Gasteiger partial charge in [0, 0.05) is 10.8 Å². The molecule has 0 amide bonds. The first-order valence-corrected chi connectivity index (χ1v) is 16.3. The van der Waals surface area contributed by atoms with Crippen LogP contribution >= 0.6 is 0 Å². The van der Waals surface area contributed by atoms with Crippen molar-refractivity contribution in [2.75, 3.05) is 0 Å². The lowest BCUT2D eigenvalue weighted by Crippen LogP contribution is -2.09. The highest BCUT2D eigenvalue weighted by Crippen LogP contribution is 2.45. The van der Waals surface area contributed by atoms with Crippen LogP contribution in [0.3, 0.4) is 0 Å². The molecular formula is C42H33N3O2. The fourth-order valence-corrected chi connectivity index (χ4v) is 7.21. The van der Waals surface area contributed by atoms with Gasteiger partial charge in [-0.25, -0.2) is 9.97 Å². The number of rotatable bonds is 5. The molecule has 0 aliphatic carbocycles. The van der Waals surface area contributed by atoms with E-state index in [1.54, 1.807) is 0 Å². The molecule has 3 heterocycles. The van der Waals surface area contributed by atoms with E-state index in [2.05, 4.69) is 146 Å². The number of imidazole rings is 1. The van der Waals surface area contributed by atoms with E-state index in [1.807, 2.05) is 0 Å². The summed E-state index contributed by atoms with van der Waals surface area (Å²) in [6.07, 6.45) is 1.52. The Hall–Kier alpha value is -5.68. The Kier molecular flexibility index (Phi) is 6.13. The van der Waals surface area contributed by atoms with E-state index >= 15 is 0 Å². The third-order valence-electron chi connectivity index (χ3n) is 9.48.